The van der Waals surface area contributed by atoms with Crippen molar-refractivity contribution in [3.05, 3.63) is 58.3 Å². The van der Waals surface area contributed by atoms with Crippen molar-refractivity contribution in [2.24, 2.45) is 0 Å². The number of nitrogens with one attached hydrogen (secondary N) is 1. The molecule has 1 N–H and O–H groups in total. The number of aromatic amines is 1. The van der Waals surface area contributed by atoms with Gasteiger partial charge in [-0.05, 0) is 42.3 Å². The molecule has 0 amide bonds. The zero-order chi connectivity index (χ0) is 15.8. The number of hydrogen-bond donors (Lipinski definition) is 1. The molecule has 6 nitrogen and oxygen atoms in total. The first-order valence-electron chi connectivity index (χ1n) is 7.39. The van der Waals surface area contributed by atoms with Crippen molar-refractivity contribution in [1.29, 1.82) is 0 Å². The highest BCUT2D eigenvalue weighted by molar-refractivity contribution is 5.72. The van der Waals surface area contributed by atoms with E-state index in [9.17, 15) is 4.79 Å². The molecule has 3 heterocycles. The van der Waals surface area contributed by atoms with Gasteiger partial charge in [-0.25, -0.2) is 9.97 Å². The van der Waals surface area contributed by atoms with E-state index in [-0.39, 0.29) is 11.5 Å². The molecular formula is C17H15N3O3. The second-order valence-corrected chi connectivity index (χ2v) is 5.51. The number of aromatic nitrogens is 3. The van der Waals surface area contributed by atoms with Crippen LogP contribution in [0, 0.1) is 0 Å². The van der Waals surface area contributed by atoms with Crippen LogP contribution in [-0.2, 0) is 6.42 Å². The van der Waals surface area contributed by atoms with Gasteiger partial charge in [0.2, 0.25) is 0 Å². The molecule has 0 spiro atoms. The molecule has 4 rings (SSSR count). The van der Waals surface area contributed by atoms with Crippen LogP contribution >= 0.6 is 0 Å². The first-order chi connectivity index (χ1) is 11.2. The van der Waals surface area contributed by atoms with Crippen molar-refractivity contribution < 1.29 is 9.47 Å². The minimum Gasteiger partial charge on any atom is -0.497 e. The molecule has 23 heavy (non-hydrogen) atoms. The smallest absolute Gasteiger partial charge is 0.277 e. The van der Waals surface area contributed by atoms with Crippen molar-refractivity contribution >= 4 is 11.0 Å². The lowest BCUT2D eigenvalue weighted by Crippen LogP contribution is -2.24. The highest BCUT2D eigenvalue weighted by Gasteiger charge is 2.24. The summed E-state index contributed by atoms with van der Waals surface area (Å²) in [6.45, 7) is 0.480. The summed E-state index contributed by atoms with van der Waals surface area (Å²) in [6.07, 6.45) is 2.33. The number of H-pyrrole nitrogens is 1. The van der Waals surface area contributed by atoms with Crippen LogP contribution in [0.2, 0.25) is 0 Å². The van der Waals surface area contributed by atoms with Crippen LogP contribution < -0.4 is 15.0 Å². The van der Waals surface area contributed by atoms with Gasteiger partial charge in [0.15, 0.2) is 5.52 Å². The number of pyridine rings is 1. The maximum atomic E-state index is 12.2. The van der Waals surface area contributed by atoms with Crippen molar-refractivity contribution in [1.82, 2.24) is 15.0 Å². The molecule has 1 unspecified atom stereocenters. The van der Waals surface area contributed by atoms with E-state index in [0.717, 1.165) is 23.5 Å². The van der Waals surface area contributed by atoms with E-state index in [1.165, 1.54) is 0 Å². The van der Waals surface area contributed by atoms with E-state index in [0.29, 0.717) is 23.5 Å². The zero-order valence-corrected chi connectivity index (χ0v) is 12.6. The minimum absolute atomic E-state index is 0.00749. The third-order valence-electron chi connectivity index (χ3n) is 4.04. The molecule has 0 aliphatic carbocycles. The topological polar surface area (TPSA) is 77.1 Å². The van der Waals surface area contributed by atoms with E-state index in [1.807, 2.05) is 18.2 Å². The zero-order valence-electron chi connectivity index (χ0n) is 12.6. The Morgan fingerprint density at radius 3 is 3.13 bits per heavy atom. The Labute approximate surface area is 132 Å². The number of benzene rings is 1. The summed E-state index contributed by atoms with van der Waals surface area (Å²) in [5, 5.41) is 0. The van der Waals surface area contributed by atoms with Gasteiger partial charge in [-0.2, -0.15) is 0 Å². The van der Waals surface area contributed by atoms with Crippen LogP contribution in [0.5, 0.6) is 11.5 Å². The highest BCUT2D eigenvalue weighted by Crippen LogP contribution is 2.33. The van der Waals surface area contributed by atoms with Crippen LogP contribution in [0.1, 0.15) is 17.3 Å². The van der Waals surface area contributed by atoms with Gasteiger partial charge in [-0.15, -0.1) is 0 Å². The first kappa shape index (κ1) is 13.8. The van der Waals surface area contributed by atoms with E-state index < -0.39 is 0 Å². The summed E-state index contributed by atoms with van der Waals surface area (Å²) in [5.74, 6) is 2.26. The Morgan fingerprint density at radius 1 is 1.35 bits per heavy atom. The summed E-state index contributed by atoms with van der Waals surface area (Å²) in [7, 11) is 1.64. The number of fused-ring (bicyclic) bond motifs is 2. The Balaban J connectivity index is 1.73. The molecule has 3 aromatic rings. The lowest BCUT2D eigenvalue weighted by atomic mass is 9.95. The second kappa shape index (κ2) is 5.39. The molecular weight excluding hydrogens is 294 g/mol. The molecule has 2 aromatic heterocycles. The predicted molar refractivity (Wildman–Crippen MR) is 85.1 cm³/mol. The summed E-state index contributed by atoms with van der Waals surface area (Å²) in [5.41, 5.74) is 1.79. The molecule has 0 fully saturated rings. The third kappa shape index (κ3) is 2.42. The Morgan fingerprint density at radius 2 is 2.26 bits per heavy atom. The number of ether oxygens (including phenoxy) is 2. The summed E-state index contributed by atoms with van der Waals surface area (Å²) < 4.78 is 11.1. The number of nitrogens with zero attached hydrogens (tertiary/aromatic N) is 2. The van der Waals surface area contributed by atoms with Crippen molar-refractivity contribution in [3.8, 4) is 11.5 Å². The van der Waals surface area contributed by atoms with Crippen molar-refractivity contribution in [2.75, 3.05) is 13.7 Å². The van der Waals surface area contributed by atoms with E-state index in [2.05, 4.69) is 15.0 Å². The summed E-state index contributed by atoms with van der Waals surface area (Å²) in [4.78, 5) is 23.6. The van der Waals surface area contributed by atoms with Crippen LogP contribution in [0.15, 0.2) is 41.3 Å². The van der Waals surface area contributed by atoms with Gasteiger partial charge in [-0.1, -0.05) is 0 Å². The summed E-state index contributed by atoms with van der Waals surface area (Å²) >= 11 is 0. The minimum atomic E-state index is -0.220. The predicted octanol–water partition coefficient (Wildman–Crippen LogP) is 2.05. The molecule has 1 atom stereocenters. The maximum Gasteiger partial charge on any atom is 0.277 e. The first-order valence-corrected chi connectivity index (χ1v) is 7.39. The van der Waals surface area contributed by atoms with Crippen LogP contribution in [0.4, 0.5) is 0 Å². The molecule has 0 saturated carbocycles. The standard InChI is InChI=1S/C17H15N3O3/c1-22-12-4-5-14-10(8-12)7-11(9-23-14)16-19-13-3-2-6-18-15(13)17(21)20-16/h2-6,8,11H,7,9H2,1H3,(H,19,20,21). The quantitative estimate of drug-likeness (QED) is 0.784. The molecule has 6 heteroatoms. The van der Waals surface area contributed by atoms with Crippen molar-refractivity contribution in [3.63, 3.8) is 0 Å². The highest BCUT2D eigenvalue weighted by atomic mass is 16.5. The maximum absolute atomic E-state index is 12.2. The third-order valence-corrected chi connectivity index (χ3v) is 4.04. The molecule has 1 aliphatic heterocycles. The average molecular weight is 309 g/mol. The number of hydrogen-bond acceptors (Lipinski definition) is 5. The SMILES string of the molecule is COc1ccc2c(c1)CC(c1nc3cccnc3c(=O)[nH]1)CO2. The Hall–Kier alpha value is -2.89. The Kier molecular flexibility index (Phi) is 3.22. The number of methoxy groups -OCH3 is 1. The molecule has 1 aromatic carbocycles. The van der Waals surface area contributed by atoms with Gasteiger partial charge in [-0.3, -0.25) is 4.79 Å². The molecule has 116 valence electrons. The molecule has 0 bridgehead atoms. The van der Waals surface area contributed by atoms with Gasteiger partial charge in [0, 0.05) is 6.20 Å². The van der Waals surface area contributed by atoms with Gasteiger partial charge in [0.25, 0.3) is 5.56 Å². The van der Waals surface area contributed by atoms with Crippen LogP contribution in [0.3, 0.4) is 0 Å². The Bertz CT molecular complexity index is 936. The van der Waals surface area contributed by atoms with Crippen molar-refractivity contribution in [2.45, 2.75) is 12.3 Å². The van der Waals surface area contributed by atoms with Gasteiger partial charge >= 0.3 is 0 Å². The largest absolute Gasteiger partial charge is 0.497 e. The monoisotopic (exact) mass is 309 g/mol. The lowest BCUT2D eigenvalue weighted by molar-refractivity contribution is 0.257. The van der Waals surface area contributed by atoms with E-state index in [4.69, 9.17) is 9.47 Å². The summed E-state index contributed by atoms with van der Waals surface area (Å²) in [6, 6.07) is 9.31. The molecule has 0 radical (unpaired) electrons. The number of rotatable bonds is 2. The van der Waals surface area contributed by atoms with Crippen LogP contribution in [0.25, 0.3) is 11.0 Å². The fourth-order valence-corrected chi connectivity index (χ4v) is 2.86. The normalized spacial score (nSPS) is 16.7. The van der Waals surface area contributed by atoms with Crippen LogP contribution in [-0.4, -0.2) is 28.7 Å². The fourth-order valence-electron chi connectivity index (χ4n) is 2.86. The van der Waals surface area contributed by atoms with Gasteiger partial charge < -0.3 is 14.5 Å². The van der Waals surface area contributed by atoms with Gasteiger partial charge in [0.1, 0.15) is 17.3 Å². The van der Waals surface area contributed by atoms with E-state index >= 15 is 0 Å². The second-order valence-electron chi connectivity index (χ2n) is 5.51. The average Bonchev–Trinajstić information content (AvgIpc) is 2.60. The molecule has 1 aliphatic rings. The fraction of sp³-hybridized carbons (Fsp3) is 0.235. The lowest BCUT2D eigenvalue weighted by Gasteiger charge is -2.25. The van der Waals surface area contributed by atoms with Gasteiger partial charge in [0.05, 0.1) is 25.2 Å². The molecule has 0 saturated heterocycles. The van der Waals surface area contributed by atoms with E-state index in [1.54, 1.807) is 25.4 Å².